The second-order valence-corrected chi connectivity index (χ2v) is 5.39. The molecule has 1 N–H and O–H groups in total. The van der Waals surface area contributed by atoms with E-state index in [1.165, 1.54) is 0 Å². The van der Waals surface area contributed by atoms with Crippen molar-refractivity contribution in [1.82, 2.24) is 0 Å². The molecular formula is C11H13ClO2S. The number of ether oxygens (including phenoxy) is 1. The molecular weight excluding hydrogens is 232 g/mol. The van der Waals surface area contributed by atoms with Gasteiger partial charge in [0.05, 0.1) is 29.6 Å². The van der Waals surface area contributed by atoms with Crippen molar-refractivity contribution in [2.75, 3.05) is 13.2 Å². The fourth-order valence-corrected chi connectivity index (χ4v) is 2.66. The number of benzene rings is 1. The molecule has 1 atom stereocenters. The van der Waals surface area contributed by atoms with Crippen molar-refractivity contribution in [1.29, 1.82) is 0 Å². The number of thioether (sulfide) groups is 1. The van der Waals surface area contributed by atoms with E-state index in [9.17, 15) is 5.11 Å². The van der Waals surface area contributed by atoms with Gasteiger partial charge in [-0.1, -0.05) is 17.7 Å². The molecule has 15 heavy (non-hydrogen) atoms. The third kappa shape index (κ3) is 2.67. The van der Waals surface area contributed by atoms with Gasteiger partial charge < -0.3 is 9.84 Å². The molecule has 2 nitrogen and oxygen atoms in total. The summed E-state index contributed by atoms with van der Waals surface area (Å²) in [5.74, 6) is 0. The first kappa shape index (κ1) is 11.3. The van der Waals surface area contributed by atoms with Crippen LogP contribution in [0.15, 0.2) is 23.1 Å². The molecule has 0 unspecified atom stereocenters. The van der Waals surface area contributed by atoms with Crippen molar-refractivity contribution >= 4 is 23.4 Å². The summed E-state index contributed by atoms with van der Waals surface area (Å²) >= 11 is 7.86. The highest BCUT2D eigenvalue weighted by molar-refractivity contribution is 8.00. The van der Waals surface area contributed by atoms with Gasteiger partial charge in [0.2, 0.25) is 0 Å². The molecule has 0 radical (unpaired) electrons. The van der Waals surface area contributed by atoms with E-state index in [1.54, 1.807) is 18.7 Å². The standard InChI is InChI=1S/C11H13ClO2S/c1-7(13)8-2-3-11(10(12)4-8)15-9-5-14-6-9/h2-4,7,9,13H,5-6H2,1H3/t7-/m1/s1. The SMILES string of the molecule is C[C@@H](O)c1ccc(SC2COC2)c(Cl)c1. The monoisotopic (exact) mass is 244 g/mol. The normalized spacial score (nSPS) is 18.6. The molecule has 0 bridgehead atoms. The van der Waals surface area contributed by atoms with Crippen molar-refractivity contribution in [2.24, 2.45) is 0 Å². The van der Waals surface area contributed by atoms with Crippen LogP contribution < -0.4 is 0 Å². The van der Waals surface area contributed by atoms with Crippen LogP contribution in [0.25, 0.3) is 0 Å². The molecule has 1 saturated heterocycles. The van der Waals surface area contributed by atoms with Gasteiger partial charge in [-0.05, 0) is 24.6 Å². The molecule has 0 saturated carbocycles. The van der Waals surface area contributed by atoms with Crippen LogP contribution in [0, 0.1) is 0 Å². The molecule has 1 aliphatic heterocycles. The quantitative estimate of drug-likeness (QED) is 0.887. The van der Waals surface area contributed by atoms with Crippen molar-refractivity contribution in [2.45, 2.75) is 23.2 Å². The van der Waals surface area contributed by atoms with Gasteiger partial charge in [0.1, 0.15) is 0 Å². The molecule has 1 aromatic carbocycles. The summed E-state index contributed by atoms with van der Waals surface area (Å²) in [6, 6.07) is 5.71. The highest BCUT2D eigenvalue weighted by atomic mass is 35.5. The Morgan fingerprint density at radius 3 is 2.73 bits per heavy atom. The summed E-state index contributed by atoms with van der Waals surface area (Å²) in [6.45, 7) is 3.34. The van der Waals surface area contributed by atoms with Gasteiger partial charge >= 0.3 is 0 Å². The third-order valence-corrected chi connectivity index (χ3v) is 3.98. The first-order valence-electron chi connectivity index (χ1n) is 4.88. The zero-order valence-corrected chi connectivity index (χ0v) is 10.0. The van der Waals surface area contributed by atoms with Gasteiger partial charge in [-0.2, -0.15) is 0 Å². The summed E-state index contributed by atoms with van der Waals surface area (Å²) in [7, 11) is 0. The Bertz CT molecular complexity index is 350. The summed E-state index contributed by atoms with van der Waals surface area (Å²) in [5.41, 5.74) is 0.856. The molecule has 0 aromatic heterocycles. The lowest BCUT2D eigenvalue weighted by atomic mass is 10.1. The molecule has 82 valence electrons. The average molecular weight is 245 g/mol. The number of aliphatic hydroxyl groups is 1. The molecule has 1 fully saturated rings. The van der Waals surface area contributed by atoms with Crippen LogP contribution >= 0.6 is 23.4 Å². The van der Waals surface area contributed by atoms with E-state index < -0.39 is 6.10 Å². The fraction of sp³-hybridized carbons (Fsp3) is 0.455. The Morgan fingerprint density at radius 1 is 1.53 bits per heavy atom. The summed E-state index contributed by atoms with van der Waals surface area (Å²) in [6.07, 6.45) is -0.464. The number of hydrogen-bond acceptors (Lipinski definition) is 3. The zero-order valence-electron chi connectivity index (χ0n) is 8.44. The average Bonchev–Trinajstić information content (AvgIpc) is 2.12. The molecule has 0 aliphatic carbocycles. The van der Waals surface area contributed by atoms with E-state index in [2.05, 4.69) is 0 Å². The molecule has 1 aliphatic rings. The van der Waals surface area contributed by atoms with Crippen LogP contribution in [0.4, 0.5) is 0 Å². The van der Waals surface area contributed by atoms with Crippen molar-refractivity contribution in [3.8, 4) is 0 Å². The van der Waals surface area contributed by atoms with Gasteiger partial charge in [-0.3, -0.25) is 0 Å². The topological polar surface area (TPSA) is 29.5 Å². The first-order chi connectivity index (χ1) is 7.16. The lowest BCUT2D eigenvalue weighted by Gasteiger charge is -2.25. The minimum atomic E-state index is -0.464. The first-order valence-corrected chi connectivity index (χ1v) is 6.14. The summed E-state index contributed by atoms with van der Waals surface area (Å²) in [4.78, 5) is 1.06. The van der Waals surface area contributed by atoms with Crippen LogP contribution in [0.2, 0.25) is 5.02 Å². The highest BCUT2D eigenvalue weighted by Gasteiger charge is 2.20. The smallest absolute Gasteiger partial charge is 0.0762 e. The van der Waals surface area contributed by atoms with Crippen LogP contribution in [0.3, 0.4) is 0 Å². The van der Waals surface area contributed by atoms with Crippen molar-refractivity contribution < 1.29 is 9.84 Å². The van der Waals surface area contributed by atoms with Crippen LogP contribution in [0.1, 0.15) is 18.6 Å². The fourth-order valence-electron chi connectivity index (χ4n) is 1.33. The second-order valence-electron chi connectivity index (χ2n) is 3.64. The Hall–Kier alpha value is -0.220. The Balaban J connectivity index is 2.11. The predicted octanol–water partition coefficient (Wildman–Crippen LogP) is 2.88. The molecule has 1 heterocycles. The lowest BCUT2D eigenvalue weighted by molar-refractivity contribution is 0.0455. The summed E-state index contributed by atoms with van der Waals surface area (Å²) in [5, 5.41) is 10.6. The molecule has 0 amide bonds. The van der Waals surface area contributed by atoms with E-state index >= 15 is 0 Å². The minimum absolute atomic E-state index is 0.464. The van der Waals surface area contributed by atoms with E-state index in [-0.39, 0.29) is 0 Å². The Morgan fingerprint density at radius 2 is 2.27 bits per heavy atom. The van der Waals surface area contributed by atoms with Crippen LogP contribution in [-0.2, 0) is 4.74 Å². The Labute approximate surface area is 98.6 Å². The molecule has 4 heteroatoms. The summed E-state index contributed by atoms with van der Waals surface area (Å²) < 4.78 is 5.10. The van der Waals surface area contributed by atoms with Crippen molar-refractivity contribution in [3.05, 3.63) is 28.8 Å². The molecule has 0 spiro atoms. The van der Waals surface area contributed by atoms with Crippen LogP contribution in [0.5, 0.6) is 0 Å². The maximum Gasteiger partial charge on any atom is 0.0762 e. The van der Waals surface area contributed by atoms with Gasteiger partial charge in [0.15, 0.2) is 0 Å². The van der Waals surface area contributed by atoms with Gasteiger partial charge in [0.25, 0.3) is 0 Å². The van der Waals surface area contributed by atoms with Gasteiger partial charge in [0, 0.05) is 4.90 Å². The van der Waals surface area contributed by atoms with E-state index in [0.29, 0.717) is 10.3 Å². The molecule has 1 aromatic rings. The van der Waals surface area contributed by atoms with E-state index in [0.717, 1.165) is 23.7 Å². The number of rotatable bonds is 3. The van der Waals surface area contributed by atoms with Gasteiger partial charge in [-0.15, -0.1) is 11.8 Å². The second kappa shape index (κ2) is 4.74. The minimum Gasteiger partial charge on any atom is -0.389 e. The third-order valence-electron chi connectivity index (χ3n) is 2.34. The highest BCUT2D eigenvalue weighted by Crippen LogP contribution is 2.34. The van der Waals surface area contributed by atoms with Crippen LogP contribution in [-0.4, -0.2) is 23.6 Å². The number of hydrogen-bond donors (Lipinski definition) is 1. The number of aliphatic hydroxyl groups excluding tert-OH is 1. The maximum atomic E-state index is 9.39. The largest absolute Gasteiger partial charge is 0.389 e. The number of halogens is 1. The lowest BCUT2D eigenvalue weighted by Crippen LogP contribution is -2.30. The molecule has 2 rings (SSSR count). The van der Waals surface area contributed by atoms with Gasteiger partial charge in [-0.25, -0.2) is 0 Å². The van der Waals surface area contributed by atoms with E-state index in [4.69, 9.17) is 16.3 Å². The van der Waals surface area contributed by atoms with E-state index in [1.807, 2.05) is 18.2 Å². The Kier molecular flexibility index (Phi) is 3.57. The predicted molar refractivity (Wildman–Crippen MR) is 62.5 cm³/mol. The maximum absolute atomic E-state index is 9.39. The van der Waals surface area contributed by atoms with Crippen molar-refractivity contribution in [3.63, 3.8) is 0 Å². The zero-order chi connectivity index (χ0) is 10.8.